The van der Waals surface area contributed by atoms with Gasteiger partial charge in [0.1, 0.15) is 11.4 Å². The topological polar surface area (TPSA) is 67.4 Å². The van der Waals surface area contributed by atoms with Gasteiger partial charge in [0.05, 0.1) is 18.4 Å². The molecule has 2 aromatic heterocycles. The lowest BCUT2D eigenvalue weighted by molar-refractivity contribution is 0.0330. The van der Waals surface area contributed by atoms with Crippen molar-refractivity contribution in [1.82, 2.24) is 9.88 Å². The molecule has 1 aliphatic carbocycles. The number of aliphatic hydroxyl groups is 1. The summed E-state index contributed by atoms with van der Waals surface area (Å²) in [5, 5.41) is 13.2. The lowest BCUT2D eigenvalue weighted by Crippen LogP contribution is -2.38. The Bertz CT molecular complexity index is 679. The van der Waals surface area contributed by atoms with Gasteiger partial charge in [0, 0.05) is 17.4 Å². The molecule has 5 heteroatoms. The summed E-state index contributed by atoms with van der Waals surface area (Å²) in [6.45, 7) is 5.73. The highest BCUT2D eigenvalue weighted by Crippen LogP contribution is 2.38. The number of hydrogen-bond acceptors (Lipinski definition) is 3. The van der Waals surface area contributed by atoms with Crippen LogP contribution < -0.4 is 5.32 Å². The van der Waals surface area contributed by atoms with E-state index in [-0.39, 0.29) is 12.5 Å². The lowest BCUT2D eigenvalue weighted by Gasteiger charge is -2.21. The van der Waals surface area contributed by atoms with Crippen LogP contribution in [-0.2, 0) is 5.60 Å². The van der Waals surface area contributed by atoms with Crippen molar-refractivity contribution in [3.8, 4) is 0 Å². The van der Waals surface area contributed by atoms with E-state index < -0.39 is 5.60 Å². The van der Waals surface area contributed by atoms with Crippen molar-refractivity contribution in [3.63, 3.8) is 0 Å². The maximum atomic E-state index is 12.4. The highest BCUT2D eigenvalue weighted by molar-refractivity contribution is 5.95. The van der Waals surface area contributed by atoms with Gasteiger partial charge < -0.3 is 19.4 Å². The van der Waals surface area contributed by atoms with Gasteiger partial charge in [-0.25, -0.2) is 0 Å². The maximum absolute atomic E-state index is 12.4. The van der Waals surface area contributed by atoms with E-state index in [1.54, 1.807) is 19.1 Å². The van der Waals surface area contributed by atoms with Crippen molar-refractivity contribution < 1.29 is 14.3 Å². The van der Waals surface area contributed by atoms with Crippen molar-refractivity contribution in [2.75, 3.05) is 6.54 Å². The Labute approximate surface area is 129 Å². The van der Waals surface area contributed by atoms with Crippen molar-refractivity contribution in [3.05, 3.63) is 47.2 Å². The molecule has 2 N–H and O–H groups in total. The third-order valence-electron chi connectivity index (χ3n) is 4.29. The molecule has 0 aliphatic heterocycles. The molecule has 1 atom stereocenters. The van der Waals surface area contributed by atoms with E-state index in [9.17, 15) is 9.90 Å². The molecular weight excluding hydrogens is 280 g/mol. The average Bonchev–Trinajstić information content (AvgIpc) is 3.02. The Morgan fingerprint density at radius 3 is 2.82 bits per heavy atom. The van der Waals surface area contributed by atoms with E-state index in [1.165, 1.54) is 19.1 Å². The zero-order valence-electron chi connectivity index (χ0n) is 13.2. The second-order valence-electron chi connectivity index (χ2n) is 6.32. The first kappa shape index (κ1) is 14.9. The zero-order chi connectivity index (χ0) is 15.9. The number of amides is 1. The fraction of sp³-hybridized carbons (Fsp3) is 0.471. The summed E-state index contributed by atoms with van der Waals surface area (Å²) in [6.07, 6.45) is 3.88. The van der Waals surface area contributed by atoms with Crippen LogP contribution in [0, 0.1) is 13.8 Å². The van der Waals surface area contributed by atoms with Crippen LogP contribution in [0.15, 0.2) is 28.9 Å². The molecule has 0 bridgehead atoms. The molecule has 0 radical (unpaired) electrons. The number of furan rings is 1. The summed E-state index contributed by atoms with van der Waals surface area (Å²) in [5.41, 5.74) is 1.57. The molecule has 0 unspecified atom stereocenters. The highest BCUT2D eigenvalue weighted by atomic mass is 16.4. The molecule has 2 aromatic rings. The molecule has 1 aliphatic rings. The van der Waals surface area contributed by atoms with Gasteiger partial charge in [-0.3, -0.25) is 4.79 Å². The highest BCUT2D eigenvalue weighted by Gasteiger charge is 2.30. The molecule has 5 nitrogen and oxygen atoms in total. The molecule has 118 valence electrons. The summed E-state index contributed by atoms with van der Waals surface area (Å²) >= 11 is 0. The molecule has 1 saturated carbocycles. The predicted octanol–water partition coefficient (Wildman–Crippen LogP) is 2.67. The van der Waals surface area contributed by atoms with E-state index in [0.717, 1.165) is 11.4 Å². The van der Waals surface area contributed by atoms with Crippen molar-refractivity contribution in [2.24, 2.45) is 0 Å². The third kappa shape index (κ3) is 2.68. The maximum Gasteiger partial charge on any atom is 0.253 e. The van der Waals surface area contributed by atoms with Crippen LogP contribution in [0.3, 0.4) is 0 Å². The Kier molecular flexibility index (Phi) is 3.60. The quantitative estimate of drug-likeness (QED) is 0.892. The van der Waals surface area contributed by atoms with Crippen LogP contribution in [0.5, 0.6) is 0 Å². The number of carbonyl (C=O) groups is 1. The van der Waals surface area contributed by atoms with E-state index in [2.05, 4.69) is 9.88 Å². The zero-order valence-corrected chi connectivity index (χ0v) is 13.2. The van der Waals surface area contributed by atoms with Gasteiger partial charge in [-0.2, -0.15) is 0 Å². The lowest BCUT2D eigenvalue weighted by atomic mass is 10.0. The fourth-order valence-electron chi connectivity index (χ4n) is 2.92. The number of carbonyl (C=O) groups excluding carboxylic acids is 1. The normalized spacial score (nSPS) is 17.3. The SMILES string of the molecule is Cc1cc(C(=O)NC[C@](C)(O)c2ccco2)c(C)n1C1CC1. The van der Waals surface area contributed by atoms with E-state index in [1.807, 2.05) is 19.9 Å². The number of aromatic nitrogens is 1. The van der Waals surface area contributed by atoms with Gasteiger partial charge in [0.15, 0.2) is 0 Å². The number of nitrogens with zero attached hydrogens (tertiary/aromatic N) is 1. The Morgan fingerprint density at radius 1 is 1.50 bits per heavy atom. The molecule has 1 amide bonds. The molecular formula is C17H22N2O3. The van der Waals surface area contributed by atoms with Gasteiger partial charge in [-0.15, -0.1) is 0 Å². The van der Waals surface area contributed by atoms with E-state index in [0.29, 0.717) is 17.4 Å². The smallest absolute Gasteiger partial charge is 0.253 e. The van der Waals surface area contributed by atoms with E-state index >= 15 is 0 Å². The average molecular weight is 302 g/mol. The third-order valence-corrected chi connectivity index (χ3v) is 4.29. The predicted molar refractivity (Wildman–Crippen MR) is 82.8 cm³/mol. The van der Waals surface area contributed by atoms with Crippen LogP contribution >= 0.6 is 0 Å². The van der Waals surface area contributed by atoms with Gasteiger partial charge >= 0.3 is 0 Å². The Balaban J connectivity index is 1.71. The first-order valence-electron chi connectivity index (χ1n) is 7.63. The monoisotopic (exact) mass is 302 g/mol. The molecule has 2 heterocycles. The minimum Gasteiger partial charge on any atom is -0.466 e. The largest absolute Gasteiger partial charge is 0.466 e. The summed E-state index contributed by atoms with van der Waals surface area (Å²) in [7, 11) is 0. The number of hydrogen-bond donors (Lipinski definition) is 2. The second-order valence-corrected chi connectivity index (χ2v) is 6.32. The first-order valence-corrected chi connectivity index (χ1v) is 7.63. The summed E-state index contributed by atoms with van der Waals surface area (Å²) in [5.74, 6) is 0.281. The van der Waals surface area contributed by atoms with Gasteiger partial charge in [-0.05, 0) is 51.8 Å². The van der Waals surface area contributed by atoms with Crippen molar-refractivity contribution in [2.45, 2.75) is 45.3 Å². The Hall–Kier alpha value is -2.01. The molecule has 3 rings (SSSR count). The van der Waals surface area contributed by atoms with Crippen LogP contribution in [0.1, 0.15) is 53.3 Å². The molecule has 1 fully saturated rings. The number of nitrogens with one attached hydrogen (secondary N) is 1. The van der Waals surface area contributed by atoms with Crippen LogP contribution in [0.2, 0.25) is 0 Å². The summed E-state index contributed by atoms with van der Waals surface area (Å²) < 4.78 is 7.45. The van der Waals surface area contributed by atoms with Crippen LogP contribution in [0.25, 0.3) is 0 Å². The molecule has 22 heavy (non-hydrogen) atoms. The standard InChI is InChI=1S/C17H22N2O3/c1-11-9-14(12(2)19(11)13-6-7-13)16(20)18-10-17(3,21)15-5-4-8-22-15/h4-5,8-9,13,21H,6-7,10H2,1-3H3,(H,18,20)/t17-/m0/s1. The summed E-state index contributed by atoms with van der Waals surface area (Å²) in [6, 6.07) is 5.89. The van der Waals surface area contributed by atoms with Crippen molar-refractivity contribution >= 4 is 5.91 Å². The second kappa shape index (κ2) is 5.32. The number of rotatable bonds is 5. The molecule has 0 saturated heterocycles. The van der Waals surface area contributed by atoms with Crippen molar-refractivity contribution in [1.29, 1.82) is 0 Å². The minimum atomic E-state index is -1.22. The van der Waals surface area contributed by atoms with Crippen LogP contribution in [-0.4, -0.2) is 22.1 Å². The Morgan fingerprint density at radius 2 is 2.23 bits per heavy atom. The van der Waals surface area contributed by atoms with Gasteiger partial charge in [0.25, 0.3) is 5.91 Å². The van der Waals surface area contributed by atoms with Gasteiger partial charge in [-0.1, -0.05) is 0 Å². The molecule has 0 aromatic carbocycles. The summed E-state index contributed by atoms with van der Waals surface area (Å²) in [4.78, 5) is 12.4. The van der Waals surface area contributed by atoms with Crippen LogP contribution in [0.4, 0.5) is 0 Å². The molecule has 0 spiro atoms. The minimum absolute atomic E-state index is 0.104. The fourth-order valence-corrected chi connectivity index (χ4v) is 2.92. The number of aryl methyl sites for hydroxylation is 1. The van der Waals surface area contributed by atoms with Gasteiger partial charge in [0.2, 0.25) is 0 Å². The first-order chi connectivity index (χ1) is 10.4. The van der Waals surface area contributed by atoms with E-state index in [4.69, 9.17) is 4.42 Å².